The van der Waals surface area contributed by atoms with E-state index in [-0.39, 0.29) is 17.6 Å². The highest BCUT2D eigenvalue weighted by atomic mass is 19.1. The molecule has 0 saturated carbocycles. The Kier molecular flexibility index (Phi) is 3.81. The first-order valence-corrected chi connectivity index (χ1v) is 6.12. The Hall–Kier alpha value is -1.62. The molecule has 4 N–H and O–H groups in total. The van der Waals surface area contributed by atoms with Crippen LogP contribution in [0, 0.1) is 5.82 Å². The molecule has 1 aliphatic rings. The van der Waals surface area contributed by atoms with Crippen LogP contribution in [0.15, 0.2) is 18.2 Å². The van der Waals surface area contributed by atoms with Crippen molar-refractivity contribution in [2.24, 2.45) is 5.73 Å². The molecule has 1 aliphatic heterocycles. The minimum absolute atomic E-state index is 0.251. The van der Waals surface area contributed by atoms with Gasteiger partial charge in [-0.15, -0.1) is 0 Å². The summed E-state index contributed by atoms with van der Waals surface area (Å²) in [5, 5.41) is 0. The van der Waals surface area contributed by atoms with Crippen molar-refractivity contribution in [3.63, 3.8) is 0 Å². The molecular formula is C13H18FN3O. The van der Waals surface area contributed by atoms with Crippen LogP contribution in [0.5, 0.6) is 0 Å². The Morgan fingerprint density at radius 2 is 2.06 bits per heavy atom. The molecule has 0 aromatic heterocycles. The molecule has 18 heavy (non-hydrogen) atoms. The van der Waals surface area contributed by atoms with Crippen molar-refractivity contribution in [3.8, 4) is 0 Å². The number of nitrogens with two attached hydrogens (primary N) is 2. The van der Waals surface area contributed by atoms with Gasteiger partial charge in [-0.25, -0.2) is 4.39 Å². The SMILES string of the molecule is NC(=O)CN1CCC(c2cc(F)ccc2N)CC1. The molecule has 1 saturated heterocycles. The van der Waals surface area contributed by atoms with Crippen LogP contribution < -0.4 is 11.5 Å². The van der Waals surface area contributed by atoms with Gasteiger partial charge in [-0.05, 0) is 55.6 Å². The zero-order chi connectivity index (χ0) is 13.1. The molecule has 1 fully saturated rings. The second kappa shape index (κ2) is 5.35. The standard InChI is InChI=1S/C13H18FN3O/c14-10-1-2-12(15)11(7-10)9-3-5-17(6-4-9)8-13(16)18/h1-2,7,9H,3-6,8,15H2,(H2,16,18). The summed E-state index contributed by atoms with van der Waals surface area (Å²) in [5.74, 6) is -0.290. The number of hydrogen-bond acceptors (Lipinski definition) is 3. The molecule has 1 aromatic rings. The third kappa shape index (κ3) is 2.98. The van der Waals surface area contributed by atoms with E-state index >= 15 is 0 Å². The molecule has 1 amide bonds. The highest BCUT2D eigenvalue weighted by molar-refractivity contribution is 5.75. The predicted octanol–water partition coefficient (Wildman–Crippen LogP) is 1.07. The van der Waals surface area contributed by atoms with Crippen LogP contribution in [0.4, 0.5) is 10.1 Å². The fraction of sp³-hybridized carbons (Fsp3) is 0.462. The maximum absolute atomic E-state index is 13.2. The largest absolute Gasteiger partial charge is 0.398 e. The van der Waals surface area contributed by atoms with Gasteiger partial charge >= 0.3 is 0 Å². The number of halogens is 1. The number of nitrogens with zero attached hydrogens (tertiary/aromatic N) is 1. The minimum atomic E-state index is -0.307. The molecule has 2 rings (SSSR count). The summed E-state index contributed by atoms with van der Waals surface area (Å²) in [5.41, 5.74) is 12.6. The number of anilines is 1. The smallest absolute Gasteiger partial charge is 0.231 e. The van der Waals surface area contributed by atoms with Gasteiger partial charge in [0.15, 0.2) is 0 Å². The van der Waals surface area contributed by atoms with E-state index in [0.717, 1.165) is 31.5 Å². The zero-order valence-electron chi connectivity index (χ0n) is 10.2. The van der Waals surface area contributed by atoms with Gasteiger partial charge in [0.25, 0.3) is 0 Å². The fourth-order valence-corrected chi connectivity index (χ4v) is 2.52. The van der Waals surface area contributed by atoms with E-state index in [1.807, 2.05) is 4.90 Å². The normalized spacial score (nSPS) is 17.8. The predicted molar refractivity (Wildman–Crippen MR) is 68.4 cm³/mol. The first-order chi connectivity index (χ1) is 8.56. The highest BCUT2D eigenvalue weighted by Crippen LogP contribution is 2.31. The highest BCUT2D eigenvalue weighted by Gasteiger charge is 2.23. The topological polar surface area (TPSA) is 72.4 Å². The summed E-state index contributed by atoms with van der Waals surface area (Å²) in [6.07, 6.45) is 1.75. The van der Waals surface area contributed by atoms with Gasteiger partial charge in [-0.1, -0.05) is 0 Å². The molecule has 1 heterocycles. The Morgan fingerprint density at radius 1 is 1.39 bits per heavy atom. The number of amides is 1. The van der Waals surface area contributed by atoms with Crippen LogP contribution >= 0.6 is 0 Å². The molecule has 5 heteroatoms. The van der Waals surface area contributed by atoms with Crippen LogP contribution in [-0.4, -0.2) is 30.4 Å². The lowest BCUT2D eigenvalue weighted by molar-refractivity contribution is -0.119. The number of benzene rings is 1. The van der Waals surface area contributed by atoms with Crippen LogP contribution in [0.25, 0.3) is 0 Å². The van der Waals surface area contributed by atoms with Gasteiger partial charge < -0.3 is 11.5 Å². The van der Waals surface area contributed by atoms with Gasteiger partial charge in [0.05, 0.1) is 6.54 Å². The average Bonchev–Trinajstić information content (AvgIpc) is 2.33. The lowest BCUT2D eigenvalue weighted by atomic mass is 9.88. The fourth-order valence-electron chi connectivity index (χ4n) is 2.52. The van der Waals surface area contributed by atoms with Crippen molar-refractivity contribution in [1.82, 2.24) is 4.90 Å². The Bertz CT molecular complexity index is 442. The monoisotopic (exact) mass is 251 g/mol. The molecule has 0 atom stereocenters. The van der Waals surface area contributed by atoms with Crippen molar-refractivity contribution in [2.75, 3.05) is 25.4 Å². The van der Waals surface area contributed by atoms with E-state index < -0.39 is 0 Å². The zero-order valence-corrected chi connectivity index (χ0v) is 10.2. The minimum Gasteiger partial charge on any atom is -0.398 e. The van der Waals surface area contributed by atoms with E-state index in [4.69, 9.17) is 11.5 Å². The third-order valence-corrected chi connectivity index (χ3v) is 3.46. The number of carbonyl (C=O) groups excluding carboxylic acids is 1. The maximum Gasteiger partial charge on any atom is 0.231 e. The van der Waals surface area contributed by atoms with E-state index in [1.165, 1.54) is 12.1 Å². The van der Waals surface area contributed by atoms with Crippen LogP contribution in [0.3, 0.4) is 0 Å². The second-order valence-electron chi connectivity index (χ2n) is 4.79. The third-order valence-electron chi connectivity index (χ3n) is 3.46. The van der Waals surface area contributed by atoms with Crippen LogP contribution in [-0.2, 0) is 4.79 Å². The van der Waals surface area contributed by atoms with Crippen molar-refractivity contribution in [1.29, 1.82) is 0 Å². The summed E-state index contributed by atoms with van der Waals surface area (Å²) in [6.45, 7) is 1.89. The lowest BCUT2D eigenvalue weighted by Gasteiger charge is -2.31. The number of rotatable bonds is 3. The molecular weight excluding hydrogens is 233 g/mol. The molecule has 1 aromatic carbocycles. The molecule has 0 radical (unpaired) electrons. The molecule has 4 nitrogen and oxygen atoms in total. The summed E-state index contributed by atoms with van der Waals surface area (Å²) < 4.78 is 13.2. The van der Waals surface area contributed by atoms with Crippen molar-refractivity contribution < 1.29 is 9.18 Å². The quantitative estimate of drug-likeness (QED) is 0.789. The summed E-state index contributed by atoms with van der Waals surface area (Å²) >= 11 is 0. The Balaban J connectivity index is 2.01. The van der Waals surface area contributed by atoms with Gasteiger partial charge in [0.2, 0.25) is 5.91 Å². The van der Waals surface area contributed by atoms with Gasteiger partial charge in [0.1, 0.15) is 5.82 Å². The summed E-state index contributed by atoms with van der Waals surface area (Å²) in [7, 11) is 0. The second-order valence-corrected chi connectivity index (χ2v) is 4.79. The average molecular weight is 251 g/mol. The van der Waals surface area contributed by atoms with Crippen LogP contribution in [0.2, 0.25) is 0 Å². The molecule has 0 bridgehead atoms. The Morgan fingerprint density at radius 3 is 2.67 bits per heavy atom. The summed E-state index contributed by atoms with van der Waals surface area (Å²) in [4.78, 5) is 12.9. The van der Waals surface area contributed by atoms with Gasteiger partial charge in [-0.2, -0.15) is 0 Å². The lowest BCUT2D eigenvalue weighted by Crippen LogP contribution is -2.39. The number of nitrogen functional groups attached to an aromatic ring is 1. The van der Waals surface area contributed by atoms with Crippen molar-refractivity contribution >= 4 is 11.6 Å². The van der Waals surface area contributed by atoms with Gasteiger partial charge in [0, 0.05) is 5.69 Å². The van der Waals surface area contributed by atoms with E-state index in [0.29, 0.717) is 12.2 Å². The van der Waals surface area contributed by atoms with E-state index in [1.54, 1.807) is 6.07 Å². The maximum atomic E-state index is 13.2. The van der Waals surface area contributed by atoms with Crippen LogP contribution in [0.1, 0.15) is 24.3 Å². The van der Waals surface area contributed by atoms with Crippen molar-refractivity contribution in [3.05, 3.63) is 29.6 Å². The summed E-state index contributed by atoms with van der Waals surface area (Å²) in [6, 6.07) is 4.51. The number of carbonyl (C=O) groups is 1. The first kappa shape index (κ1) is 12.8. The molecule has 0 unspecified atom stereocenters. The van der Waals surface area contributed by atoms with Gasteiger partial charge in [-0.3, -0.25) is 9.69 Å². The molecule has 0 aliphatic carbocycles. The van der Waals surface area contributed by atoms with E-state index in [9.17, 15) is 9.18 Å². The number of likely N-dealkylation sites (tertiary alicyclic amines) is 1. The molecule has 98 valence electrons. The number of primary amides is 1. The van der Waals surface area contributed by atoms with Crippen molar-refractivity contribution in [2.45, 2.75) is 18.8 Å². The first-order valence-electron chi connectivity index (χ1n) is 6.12. The molecule has 0 spiro atoms. The number of piperidine rings is 1. The Labute approximate surface area is 106 Å². The number of hydrogen-bond donors (Lipinski definition) is 2. The van der Waals surface area contributed by atoms with E-state index in [2.05, 4.69) is 0 Å².